The lowest BCUT2D eigenvalue weighted by atomic mass is 9.89. The van der Waals surface area contributed by atoms with Crippen LogP contribution in [0.15, 0.2) is 24.3 Å². The molecule has 1 amide bonds. The molecule has 6 nitrogen and oxygen atoms in total. The van der Waals surface area contributed by atoms with Crippen LogP contribution in [0.2, 0.25) is 0 Å². The van der Waals surface area contributed by atoms with E-state index in [0.29, 0.717) is 30.4 Å². The predicted octanol–water partition coefficient (Wildman–Crippen LogP) is 2.07. The lowest BCUT2D eigenvalue weighted by Gasteiger charge is -2.38. The lowest BCUT2D eigenvalue weighted by Crippen LogP contribution is -2.49. The van der Waals surface area contributed by atoms with Gasteiger partial charge in [-0.15, -0.1) is 0 Å². The molecule has 0 unspecified atom stereocenters. The Bertz CT molecular complexity index is 759. The van der Waals surface area contributed by atoms with Crippen molar-refractivity contribution in [1.29, 1.82) is 0 Å². The smallest absolute Gasteiger partial charge is 0.240 e. The second-order valence-electron chi connectivity index (χ2n) is 6.38. The number of carbonyl (C=O) groups is 1. The molecular formula is C16H20N4O2S. The molecule has 0 aliphatic carbocycles. The Balaban J connectivity index is 1.72. The minimum Gasteiger partial charge on any atom is -0.380 e. The number of amides is 1. The Morgan fingerprint density at radius 2 is 2.13 bits per heavy atom. The van der Waals surface area contributed by atoms with Gasteiger partial charge in [0, 0.05) is 17.5 Å². The van der Waals surface area contributed by atoms with Crippen LogP contribution in [0, 0.1) is 17.1 Å². The summed E-state index contributed by atoms with van der Waals surface area (Å²) in [5, 5.41) is 9.97. The van der Waals surface area contributed by atoms with Gasteiger partial charge >= 0.3 is 0 Å². The molecule has 2 aromatic rings. The summed E-state index contributed by atoms with van der Waals surface area (Å²) in [7, 11) is 0. The van der Waals surface area contributed by atoms with Gasteiger partial charge in [0.15, 0.2) is 10.6 Å². The molecule has 0 saturated carbocycles. The summed E-state index contributed by atoms with van der Waals surface area (Å²) < 4.78 is 7.35. The third-order valence-corrected chi connectivity index (χ3v) is 4.29. The van der Waals surface area contributed by atoms with Gasteiger partial charge in [-0.3, -0.25) is 14.5 Å². The van der Waals surface area contributed by atoms with Gasteiger partial charge in [-0.25, -0.2) is 0 Å². The van der Waals surface area contributed by atoms with E-state index in [2.05, 4.69) is 22.4 Å². The highest BCUT2D eigenvalue weighted by atomic mass is 32.1. The first-order chi connectivity index (χ1) is 11.0. The zero-order valence-corrected chi connectivity index (χ0v) is 14.1. The number of H-pyrrole nitrogens is 1. The van der Waals surface area contributed by atoms with Crippen LogP contribution in [-0.4, -0.2) is 40.4 Å². The summed E-state index contributed by atoms with van der Waals surface area (Å²) in [6.45, 7) is 6.25. The molecule has 3 rings (SSSR count). The van der Waals surface area contributed by atoms with Crippen LogP contribution in [0.5, 0.6) is 0 Å². The van der Waals surface area contributed by atoms with Crippen molar-refractivity contribution in [2.45, 2.75) is 20.4 Å². The van der Waals surface area contributed by atoms with E-state index >= 15 is 0 Å². The summed E-state index contributed by atoms with van der Waals surface area (Å²) in [5.74, 6) is 0.590. The predicted molar refractivity (Wildman–Crippen MR) is 89.5 cm³/mol. The van der Waals surface area contributed by atoms with E-state index < -0.39 is 0 Å². The van der Waals surface area contributed by atoms with E-state index in [9.17, 15) is 4.79 Å². The Kier molecular flexibility index (Phi) is 4.32. The van der Waals surface area contributed by atoms with Crippen LogP contribution < -0.4 is 5.32 Å². The number of ether oxygens (including phenoxy) is 1. The quantitative estimate of drug-likeness (QED) is 0.822. The first kappa shape index (κ1) is 15.9. The molecule has 2 N–H and O–H groups in total. The van der Waals surface area contributed by atoms with Crippen molar-refractivity contribution < 1.29 is 9.53 Å². The van der Waals surface area contributed by atoms with Gasteiger partial charge in [0.1, 0.15) is 6.54 Å². The molecular weight excluding hydrogens is 312 g/mol. The first-order valence-electron chi connectivity index (χ1n) is 7.54. The van der Waals surface area contributed by atoms with E-state index in [1.165, 1.54) is 5.56 Å². The average molecular weight is 332 g/mol. The number of aromatic amines is 1. The topological polar surface area (TPSA) is 71.9 Å². The number of aromatic nitrogens is 3. The number of rotatable bonds is 5. The van der Waals surface area contributed by atoms with Gasteiger partial charge in [0.25, 0.3) is 0 Å². The zero-order valence-electron chi connectivity index (χ0n) is 13.3. The summed E-state index contributed by atoms with van der Waals surface area (Å²) in [6.07, 6.45) is 0. The van der Waals surface area contributed by atoms with Crippen molar-refractivity contribution in [2.24, 2.45) is 5.41 Å². The maximum Gasteiger partial charge on any atom is 0.240 e. The summed E-state index contributed by atoms with van der Waals surface area (Å²) in [4.78, 5) is 12.2. The van der Waals surface area contributed by atoms with Gasteiger partial charge < -0.3 is 10.1 Å². The lowest BCUT2D eigenvalue weighted by molar-refractivity contribution is -0.127. The Hall–Kier alpha value is -1.99. The van der Waals surface area contributed by atoms with Gasteiger partial charge in [-0.1, -0.05) is 36.8 Å². The van der Waals surface area contributed by atoms with Crippen LogP contribution >= 0.6 is 12.2 Å². The van der Waals surface area contributed by atoms with Crippen LogP contribution in [0.4, 0.5) is 0 Å². The first-order valence-corrected chi connectivity index (χ1v) is 7.94. The highest BCUT2D eigenvalue weighted by molar-refractivity contribution is 7.71. The molecule has 2 heterocycles. The standard InChI is InChI=1S/C16H20N4O2S/c1-11-3-5-12(6-4-11)14-18-19-15(23)20(14)7-13(21)17-8-16(2)9-22-10-16/h3-6H,7-10H2,1-2H3,(H,17,21)(H,19,23). The molecule has 0 bridgehead atoms. The number of nitrogens with one attached hydrogen (secondary N) is 2. The molecule has 1 aliphatic heterocycles. The van der Waals surface area contributed by atoms with E-state index in [0.717, 1.165) is 5.56 Å². The van der Waals surface area contributed by atoms with Gasteiger partial charge in [0.05, 0.1) is 13.2 Å². The molecule has 1 fully saturated rings. The number of benzene rings is 1. The molecule has 23 heavy (non-hydrogen) atoms. The van der Waals surface area contributed by atoms with Crippen LogP contribution in [0.25, 0.3) is 11.4 Å². The molecule has 1 aromatic carbocycles. The summed E-state index contributed by atoms with van der Waals surface area (Å²) in [6, 6.07) is 7.96. The Morgan fingerprint density at radius 1 is 1.43 bits per heavy atom. The van der Waals surface area contributed by atoms with Crippen molar-refractivity contribution in [3.63, 3.8) is 0 Å². The summed E-state index contributed by atoms with van der Waals surface area (Å²) in [5.41, 5.74) is 2.14. The van der Waals surface area contributed by atoms with Crippen molar-refractivity contribution >= 4 is 18.1 Å². The second kappa shape index (κ2) is 6.25. The van der Waals surface area contributed by atoms with Crippen molar-refractivity contribution in [1.82, 2.24) is 20.1 Å². The van der Waals surface area contributed by atoms with Gasteiger partial charge in [-0.05, 0) is 19.1 Å². The maximum absolute atomic E-state index is 12.2. The zero-order chi connectivity index (χ0) is 16.4. The molecule has 1 aliphatic rings. The number of nitrogens with zero attached hydrogens (tertiary/aromatic N) is 2. The van der Waals surface area contributed by atoms with Gasteiger partial charge in [0.2, 0.25) is 5.91 Å². The maximum atomic E-state index is 12.2. The second-order valence-corrected chi connectivity index (χ2v) is 6.77. The molecule has 1 aromatic heterocycles. The van der Waals surface area contributed by atoms with E-state index in [4.69, 9.17) is 17.0 Å². The van der Waals surface area contributed by atoms with Crippen LogP contribution in [0.3, 0.4) is 0 Å². The highest BCUT2D eigenvalue weighted by Crippen LogP contribution is 2.25. The molecule has 0 radical (unpaired) electrons. The third-order valence-electron chi connectivity index (χ3n) is 3.98. The van der Waals surface area contributed by atoms with Crippen LogP contribution in [-0.2, 0) is 16.1 Å². The average Bonchev–Trinajstić information content (AvgIpc) is 2.85. The fourth-order valence-electron chi connectivity index (χ4n) is 2.45. The summed E-state index contributed by atoms with van der Waals surface area (Å²) >= 11 is 5.25. The number of aryl methyl sites for hydroxylation is 1. The van der Waals surface area contributed by atoms with E-state index in [1.807, 2.05) is 31.2 Å². The van der Waals surface area contributed by atoms with Crippen molar-refractivity contribution in [3.8, 4) is 11.4 Å². The fourth-order valence-corrected chi connectivity index (χ4v) is 2.65. The molecule has 7 heteroatoms. The number of carbonyl (C=O) groups excluding carboxylic acids is 1. The minimum atomic E-state index is -0.0796. The number of hydrogen-bond donors (Lipinski definition) is 2. The molecule has 0 atom stereocenters. The van der Waals surface area contributed by atoms with E-state index in [1.54, 1.807) is 4.57 Å². The molecule has 122 valence electrons. The SMILES string of the molecule is Cc1ccc(-c2n[nH]c(=S)n2CC(=O)NCC2(C)COC2)cc1. The van der Waals surface area contributed by atoms with Crippen LogP contribution in [0.1, 0.15) is 12.5 Å². The highest BCUT2D eigenvalue weighted by Gasteiger charge is 2.33. The molecule has 1 saturated heterocycles. The number of hydrogen-bond acceptors (Lipinski definition) is 4. The largest absolute Gasteiger partial charge is 0.380 e. The third kappa shape index (κ3) is 3.51. The van der Waals surface area contributed by atoms with Crippen molar-refractivity contribution in [2.75, 3.05) is 19.8 Å². The Morgan fingerprint density at radius 3 is 2.74 bits per heavy atom. The monoisotopic (exact) mass is 332 g/mol. The fraction of sp³-hybridized carbons (Fsp3) is 0.438. The molecule has 0 spiro atoms. The normalized spacial score (nSPS) is 15.9. The minimum absolute atomic E-state index is 0.0489. The van der Waals surface area contributed by atoms with Crippen molar-refractivity contribution in [3.05, 3.63) is 34.6 Å². The van der Waals surface area contributed by atoms with E-state index in [-0.39, 0.29) is 17.9 Å². The Labute approximate surface area is 139 Å². The van der Waals surface area contributed by atoms with Gasteiger partial charge in [-0.2, -0.15) is 5.10 Å².